The molecule has 2 saturated carbocycles. The molecule has 0 bridgehead atoms. The van der Waals surface area contributed by atoms with Gasteiger partial charge in [-0.25, -0.2) is 0 Å². The van der Waals surface area contributed by atoms with Gasteiger partial charge in [0, 0.05) is 6.04 Å². The predicted octanol–water partition coefficient (Wildman–Crippen LogP) is 3.41. The van der Waals surface area contributed by atoms with Crippen LogP contribution >= 0.6 is 23.2 Å². The summed E-state index contributed by atoms with van der Waals surface area (Å²) in [7, 11) is 0. The Balaban J connectivity index is 1.68. The van der Waals surface area contributed by atoms with E-state index < -0.39 is 0 Å². The van der Waals surface area contributed by atoms with Gasteiger partial charge >= 0.3 is 0 Å². The van der Waals surface area contributed by atoms with Crippen LogP contribution in [0.4, 0.5) is 0 Å². The van der Waals surface area contributed by atoms with Crippen LogP contribution in [0, 0.1) is 17.8 Å². The standard InChI is InChI=1S/C14H18Cl2N2/c15-11-5-4-8(6-12(11)16)7-13(18-17)14-9-2-1-3-10(9)14/h4-6,9-10,13-14,18H,1-3,7,17H2. The summed E-state index contributed by atoms with van der Waals surface area (Å²) in [6, 6.07) is 6.22. The molecule has 0 heterocycles. The molecule has 0 radical (unpaired) electrons. The highest BCUT2D eigenvalue weighted by Crippen LogP contribution is 2.59. The van der Waals surface area contributed by atoms with Crippen molar-refractivity contribution in [1.29, 1.82) is 0 Å². The van der Waals surface area contributed by atoms with Crippen LogP contribution in [0.25, 0.3) is 0 Å². The van der Waals surface area contributed by atoms with E-state index in [9.17, 15) is 0 Å². The summed E-state index contributed by atoms with van der Waals surface area (Å²) < 4.78 is 0. The first-order chi connectivity index (χ1) is 8.70. The van der Waals surface area contributed by atoms with E-state index in [0.29, 0.717) is 16.1 Å². The molecule has 2 fully saturated rings. The number of fused-ring (bicyclic) bond motifs is 1. The summed E-state index contributed by atoms with van der Waals surface area (Å²) >= 11 is 12.0. The van der Waals surface area contributed by atoms with Gasteiger partial charge in [-0.05, 0) is 54.7 Å². The third-order valence-corrected chi connectivity index (χ3v) is 5.33. The van der Waals surface area contributed by atoms with Gasteiger partial charge in [-0.3, -0.25) is 11.3 Å². The molecule has 3 N–H and O–H groups in total. The van der Waals surface area contributed by atoms with Crippen molar-refractivity contribution >= 4 is 23.2 Å². The smallest absolute Gasteiger partial charge is 0.0595 e. The quantitative estimate of drug-likeness (QED) is 0.657. The fraction of sp³-hybridized carbons (Fsp3) is 0.571. The summed E-state index contributed by atoms with van der Waals surface area (Å²) in [5, 5.41) is 1.24. The van der Waals surface area contributed by atoms with Crippen molar-refractivity contribution in [3.05, 3.63) is 33.8 Å². The lowest BCUT2D eigenvalue weighted by atomic mass is 9.98. The normalized spacial score (nSPS) is 31.2. The molecule has 3 unspecified atom stereocenters. The van der Waals surface area contributed by atoms with Gasteiger partial charge in [-0.15, -0.1) is 0 Å². The molecule has 2 aliphatic carbocycles. The maximum absolute atomic E-state index is 6.05. The Kier molecular flexibility index (Phi) is 3.55. The van der Waals surface area contributed by atoms with Crippen molar-refractivity contribution in [1.82, 2.24) is 5.43 Å². The van der Waals surface area contributed by atoms with Crippen LogP contribution in [0.2, 0.25) is 10.0 Å². The Morgan fingerprint density at radius 3 is 2.56 bits per heavy atom. The largest absolute Gasteiger partial charge is 0.271 e. The minimum Gasteiger partial charge on any atom is -0.271 e. The Labute approximate surface area is 118 Å². The van der Waals surface area contributed by atoms with E-state index in [1.54, 1.807) is 0 Å². The molecule has 1 aromatic carbocycles. The van der Waals surface area contributed by atoms with E-state index >= 15 is 0 Å². The van der Waals surface area contributed by atoms with E-state index in [4.69, 9.17) is 29.0 Å². The van der Waals surface area contributed by atoms with Crippen molar-refractivity contribution < 1.29 is 0 Å². The van der Waals surface area contributed by atoms with Gasteiger partial charge in [-0.2, -0.15) is 0 Å². The number of hydrogen-bond donors (Lipinski definition) is 2. The maximum atomic E-state index is 6.05. The van der Waals surface area contributed by atoms with E-state index in [1.807, 2.05) is 18.2 Å². The first kappa shape index (κ1) is 12.7. The van der Waals surface area contributed by atoms with Crippen molar-refractivity contribution in [2.75, 3.05) is 0 Å². The van der Waals surface area contributed by atoms with Crippen molar-refractivity contribution in [2.45, 2.75) is 31.7 Å². The molecule has 2 nitrogen and oxygen atoms in total. The van der Waals surface area contributed by atoms with Crippen LogP contribution in [-0.4, -0.2) is 6.04 Å². The van der Waals surface area contributed by atoms with E-state index in [1.165, 1.54) is 24.8 Å². The molecular weight excluding hydrogens is 267 g/mol. The van der Waals surface area contributed by atoms with Gasteiger partial charge in [0.1, 0.15) is 0 Å². The molecule has 4 heteroatoms. The van der Waals surface area contributed by atoms with Crippen LogP contribution in [-0.2, 0) is 6.42 Å². The van der Waals surface area contributed by atoms with Crippen molar-refractivity contribution in [2.24, 2.45) is 23.6 Å². The van der Waals surface area contributed by atoms with E-state index in [-0.39, 0.29) is 0 Å². The lowest BCUT2D eigenvalue weighted by molar-refractivity contribution is 0.410. The lowest BCUT2D eigenvalue weighted by Gasteiger charge is -2.18. The molecule has 0 spiro atoms. The Morgan fingerprint density at radius 1 is 1.22 bits per heavy atom. The van der Waals surface area contributed by atoms with Crippen LogP contribution < -0.4 is 11.3 Å². The van der Waals surface area contributed by atoms with Gasteiger partial charge in [0.05, 0.1) is 10.0 Å². The highest BCUT2D eigenvalue weighted by molar-refractivity contribution is 6.42. The molecule has 0 aromatic heterocycles. The number of benzene rings is 1. The minimum absolute atomic E-state index is 0.373. The number of halogens is 2. The number of hydrazine groups is 1. The average Bonchev–Trinajstić information content (AvgIpc) is 2.83. The molecule has 2 aliphatic rings. The zero-order valence-electron chi connectivity index (χ0n) is 10.2. The summed E-state index contributed by atoms with van der Waals surface area (Å²) in [5.74, 6) is 8.31. The van der Waals surface area contributed by atoms with Gasteiger partial charge in [0.2, 0.25) is 0 Å². The second-order valence-electron chi connectivity index (χ2n) is 5.56. The summed E-state index contributed by atoms with van der Waals surface area (Å²) in [4.78, 5) is 0. The third kappa shape index (κ3) is 2.27. The zero-order chi connectivity index (χ0) is 12.7. The second-order valence-corrected chi connectivity index (χ2v) is 6.38. The molecule has 0 amide bonds. The fourth-order valence-corrected chi connectivity index (χ4v) is 4.02. The van der Waals surface area contributed by atoms with Crippen LogP contribution in [0.1, 0.15) is 24.8 Å². The van der Waals surface area contributed by atoms with Crippen molar-refractivity contribution in [3.63, 3.8) is 0 Å². The summed E-state index contributed by atoms with van der Waals surface area (Å²) in [6.07, 6.45) is 5.10. The molecule has 3 atom stereocenters. The maximum Gasteiger partial charge on any atom is 0.0595 e. The SMILES string of the molecule is NNC(Cc1ccc(Cl)c(Cl)c1)C1C2CCCC21. The third-order valence-electron chi connectivity index (χ3n) is 4.59. The highest BCUT2D eigenvalue weighted by Gasteiger charge is 2.55. The predicted molar refractivity (Wildman–Crippen MR) is 75.6 cm³/mol. The first-order valence-electron chi connectivity index (χ1n) is 6.60. The monoisotopic (exact) mass is 284 g/mol. The number of hydrogen-bond acceptors (Lipinski definition) is 2. The second kappa shape index (κ2) is 5.01. The van der Waals surface area contributed by atoms with Crippen LogP contribution in [0.3, 0.4) is 0 Å². The highest BCUT2D eigenvalue weighted by atomic mass is 35.5. The number of nitrogens with two attached hydrogens (primary N) is 1. The number of rotatable bonds is 4. The molecule has 1 aromatic rings. The van der Waals surface area contributed by atoms with Gasteiger partial charge in [0.15, 0.2) is 0 Å². The molecule has 3 rings (SSSR count). The Bertz CT molecular complexity index is 439. The zero-order valence-corrected chi connectivity index (χ0v) is 11.7. The minimum atomic E-state index is 0.373. The van der Waals surface area contributed by atoms with Gasteiger partial charge in [0.25, 0.3) is 0 Å². The van der Waals surface area contributed by atoms with E-state index in [0.717, 1.165) is 24.2 Å². The molecular formula is C14H18Cl2N2. The Morgan fingerprint density at radius 2 is 1.94 bits per heavy atom. The molecule has 98 valence electrons. The van der Waals surface area contributed by atoms with Crippen LogP contribution in [0.5, 0.6) is 0 Å². The summed E-state index contributed by atoms with van der Waals surface area (Å²) in [6.45, 7) is 0. The topological polar surface area (TPSA) is 38.0 Å². The fourth-order valence-electron chi connectivity index (χ4n) is 3.70. The average molecular weight is 285 g/mol. The lowest BCUT2D eigenvalue weighted by Crippen LogP contribution is -2.39. The van der Waals surface area contributed by atoms with Crippen molar-refractivity contribution in [3.8, 4) is 0 Å². The van der Waals surface area contributed by atoms with Crippen LogP contribution in [0.15, 0.2) is 18.2 Å². The van der Waals surface area contributed by atoms with Gasteiger partial charge in [-0.1, -0.05) is 35.7 Å². The molecule has 0 aliphatic heterocycles. The Hall–Kier alpha value is -0.280. The first-order valence-corrected chi connectivity index (χ1v) is 7.36. The van der Waals surface area contributed by atoms with E-state index in [2.05, 4.69) is 5.43 Å². The number of nitrogens with one attached hydrogen (secondary N) is 1. The summed E-state index contributed by atoms with van der Waals surface area (Å²) in [5.41, 5.74) is 4.20. The molecule has 18 heavy (non-hydrogen) atoms. The molecule has 0 saturated heterocycles. The van der Waals surface area contributed by atoms with Gasteiger partial charge < -0.3 is 0 Å².